The summed E-state index contributed by atoms with van der Waals surface area (Å²) in [7, 11) is 0. The minimum atomic E-state index is -0.662. The van der Waals surface area contributed by atoms with E-state index in [1.807, 2.05) is 13.0 Å². The number of hydrogen-bond donors (Lipinski definition) is 1. The van der Waals surface area contributed by atoms with Crippen molar-refractivity contribution in [2.24, 2.45) is 0 Å². The molecule has 1 aromatic carbocycles. The Balaban J connectivity index is 1.68. The van der Waals surface area contributed by atoms with Gasteiger partial charge in [-0.2, -0.15) is 0 Å². The molecule has 21 heavy (non-hydrogen) atoms. The number of carbonyl (C=O) groups is 1. The third-order valence-electron chi connectivity index (χ3n) is 5.03. The molecule has 1 atom stereocenters. The lowest BCUT2D eigenvalue weighted by molar-refractivity contribution is -0.150. The van der Waals surface area contributed by atoms with Crippen LogP contribution in [0.1, 0.15) is 37.3 Å². The van der Waals surface area contributed by atoms with Gasteiger partial charge in [-0.1, -0.05) is 19.1 Å². The first-order chi connectivity index (χ1) is 10.2. The molecule has 4 heteroatoms. The van der Waals surface area contributed by atoms with Crippen LogP contribution in [0, 0.1) is 0 Å². The maximum atomic E-state index is 11.7. The van der Waals surface area contributed by atoms with Gasteiger partial charge in [0.1, 0.15) is 11.3 Å². The van der Waals surface area contributed by atoms with Gasteiger partial charge in [-0.15, -0.1) is 0 Å². The Morgan fingerprint density at radius 2 is 2.33 bits per heavy atom. The summed E-state index contributed by atoms with van der Waals surface area (Å²) in [6, 6.07) is 6.37. The summed E-state index contributed by atoms with van der Waals surface area (Å²) in [6.07, 6.45) is 4.33. The molecule has 2 aliphatic heterocycles. The topological polar surface area (TPSA) is 49.8 Å². The van der Waals surface area contributed by atoms with Crippen molar-refractivity contribution < 1.29 is 14.6 Å². The molecule has 0 saturated carbocycles. The fraction of sp³-hybridized carbons (Fsp3) is 0.588. The Morgan fingerprint density at radius 3 is 3.10 bits per heavy atom. The number of ether oxygens (including phenoxy) is 1. The van der Waals surface area contributed by atoms with Crippen molar-refractivity contribution in [3.05, 3.63) is 29.3 Å². The van der Waals surface area contributed by atoms with Crippen LogP contribution >= 0.6 is 0 Å². The Morgan fingerprint density at radius 1 is 1.48 bits per heavy atom. The molecule has 2 heterocycles. The van der Waals surface area contributed by atoms with Crippen LogP contribution in [-0.4, -0.2) is 41.2 Å². The zero-order valence-electron chi connectivity index (χ0n) is 12.6. The van der Waals surface area contributed by atoms with Crippen LogP contribution < -0.4 is 4.74 Å². The van der Waals surface area contributed by atoms with Crippen molar-refractivity contribution in [3.63, 3.8) is 0 Å². The van der Waals surface area contributed by atoms with Crippen molar-refractivity contribution in [3.8, 4) is 5.75 Å². The first-order valence-electron chi connectivity index (χ1n) is 7.89. The molecule has 1 N–H and O–H groups in total. The third-order valence-corrected chi connectivity index (χ3v) is 5.03. The Kier molecular flexibility index (Phi) is 3.89. The number of likely N-dealkylation sites (tertiary alicyclic amines) is 1. The standard InChI is InChI=1S/C17H23NO3/c1-2-17(16(19)20)8-3-9-18(17)10-6-13-4-5-15-14(12-13)7-11-21-15/h4-5,12H,2-3,6-11H2,1H3,(H,19,20). The number of nitrogens with zero attached hydrogens (tertiary/aromatic N) is 1. The number of aliphatic carboxylic acids is 1. The summed E-state index contributed by atoms with van der Waals surface area (Å²) in [6.45, 7) is 4.48. The molecule has 0 spiro atoms. The Labute approximate surface area is 125 Å². The molecule has 0 amide bonds. The number of benzene rings is 1. The van der Waals surface area contributed by atoms with E-state index in [0.717, 1.165) is 51.1 Å². The summed E-state index contributed by atoms with van der Waals surface area (Å²) in [5.74, 6) is 0.346. The molecule has 1 aromatic rings. The molecular formula is C17H23NO3. The zero-order chi connectivity index (χ0) is 14.9. The first kappa shape index (κ1) is 14.4. The van der Waals surface area contributed by atoms with Gasteiger partial charge in [0.05, 0.1) is 6.61 Å². The number of carboxylic acid groups (broad SMARTS) is 1. The highest BCUT2D eigenvalue weighted by Gasteiger charge is 2.45. The number of carboxylic acids is 1. The molecular weight excluding hydrogens is 266 g/mol. The van der Waals surface area contributed by atoms with Crippen LogP contribution in [0.2, 0.25) is 0 Å². The highest BCUT2D eigenvalue weighted by Crippen LogP contribution is 2.33. The first-order valence-corrected chi connectivity index (χ1v) is 7.89. The summed E-state index contributed by atoms with van der Waals surface area (Å²) >= 11 is 0. The number of hydrogen-bond acceptors (Lipinski definition) is 3. The molecule has 0 aliphatic carbocycles. The fourth-order valence-electron chi connectivity index (χ4n) is 3.71. The van der Waals surface area contributed by atoms with Gasteiger partial charge in [0, 0.05) is 13.0 Å². The van der Waals surface area contributed by atoms with E-state index in [9.17, 15) is 9.90 Å². The van der Waals surface area contributed by atoms with E-state index >= 15 is 0 Å². The maximum Gasteiger partial charge on any atom is 0.324 e. The number of rotatable bonds is 5. The van der Waals surface area contributed by atoms with Crippen molar-refractivity contribution in [1.82, 2.24) is 4.90 Å². The van der Waals surface area contributed by atoms with Gasteiger partial charge < -0.3 is 9.84 Å². The zero-order valence-corrected chi connectivity index (χ0v) is 12.6. The molecule has 114 valence electrons. The van der Waals surface area contributed by atoms with Gasteiger partial charge in [0.15, 0.2) is 0 Å². The van der Waals surface area contributed by atoms with Crippen molar-refractivity contribution >= 4 is 5.97 Å². The molecule has 4 nitrogen and oxygen atoms in total. The third kappa shape index (κ3) is 2.53. The second kappa shape index (κ2) is 5.68. The van der Waals surface area contributed by atoms with Crippen LogP contribution in [-0.2, 0) is 17.6 Å². The maximum absolute atomic E-state index is 11.7. The lowest BCUT2D eigenvalue weighted by Crippen LogP contribution is -2.50. The van der Waals surface area contributed by atoms with E-state index in [2.05, 4.69) is 17.0 Å². The summed E-state index contributed by atoms with van der Waals surface area (Å²) in [5, 5.41) is 9.60. The second-order valence-corrected chi connectivity index (χ2v) is 6.07. The van der Waals surface area contributed by atoms with Crippen molar-refractivity contribution in [1.29, 1.82) is 0 Å². The fourth-order valence-corrected chi connectivity index (χ4v) is 3.71. The highest BCUT2D eigenvalue weighted by atomic mass is 16.5. The van der Waals surface area contributed by atoms with Crippen LogP contribution in [0.5, 0.6) is 5.75 Å². The minimum Gasteiger partial charge on any atom is -0.493 e. The lowest BCUT2D eigenvalue weighted by Gasteiger charge is -2.33. The van der Waals surface area contributed by atoms with Gasteiger partial charge in [0.2, 0.25) is 0 Å². The van der Waals surface area contributed by atoms with Gasteiger partial charge in [-0.3, -0.25) is 9.69 Å². The lowest BCUT2D eigenvalue weighted by atomic mass is 9.92. The van der Waals surface area contributed by atoms with E-state index < -0.39 is 11.5 Å². The molecule has 0 radical (unpaired) electrons. The van der Waals surface area contributed by atoms with Gasteiger partial charge in [-0.25, -0.2) is 0 Å². The normalized spacial score (nSPS) is 24.8. The average molecular weight is 289 g/mol. The number of fused-ring (bicyclic) bond motifs is 1. The van der Waals surface area contributed by atoms with Gasteiger partial charge in [-0.05, 0) is 49.4 Å². The summed E-state index contributed by atoms with van der Waals surface area (Å²) < 4.78 is 5.53. The second-order valence-electron chi connectivity index (χ2n) is 6.07. The quantitative estimate of drug-likeness (QED) is 0.905. The van der Waals surface area contributed by atoms with E-state index in [-0.39, 0.29) is 0 Å². The smallest absolute Gasteiger partial charge is 0.324 e. The molecule has 1 fully saturated rings. The largest absolute Gasteiger partial charge is 0.493 e. The average Bonchev–Trinajstić information content (AvgIpc) is 3.11. The van der Waals surface area contributed by atoms with Crippen molar-refractivity contribution in [2.45, 2.75) is 44.6 Å². The molecule has 2 aliphatic rings. The predicted octanol–water partition coefficient (Wildman–Crippen LogP) is 2.49. The molecule has 1 unspecified atom stereocenters. The van der Waals surface area contributed by atoms with E-state index in [4.69, 9.17) is 4.74 Å². The molecule has 1 saturated heterocycles. The predicted molar refractivity (Wildman–Crippen MR) is 80.8 cm³/mol. The molecule has 0 aromatic heterocycles. The summed E-state index contributed by atoms with van der Waals surface area (Å²) in [4.78, 5) is 13.8. The van der Waals surface area contributed by atoms with Crippen LogP contribution in [0.4, 0.5) is 0 Å². The SMILES string of the molecule is CCC1(C(=O)O)CCCN1CCc1ccc2c(c1)CCO2. The van der Waals surface area contributed by atoms with Crippen molar-refractivity contribution in [2.75, 3.05) is 19.7 Å². The van der Waals surface area contributed by atoms with Crippen LogP contribution in [0.25, 0.3) is 0 Å². The highest BCUT2D eigenvalue weighted by molar-refractivity contribution is 5.79. The monoisotopic (exact) mass is 289 g/mol. The van der Waals surface area contributed by atoms with Crippen LogP contribution in [0.15, 0.2) is 18.2 Å². The van der Waals surface area contributed by atoms with Gasteiger partial charge in [0.25, 0.3) is 0 Å². The van der Waals surface area contributed by atoms with Crippen LogP contribution in [0.3, 0.4) is 0 Å². The summed E-state index contributed by atoms with van der Waals surface area (Å²) in [5.41, 5.74) is 1.93. The minimum absolute atomic E-state index is 0.639. The van der Waals surface area contributed by atoms with E-state index in [0.29, 0.717) is 6.42 Å². The molecule has 3 rings (SSSR count). The Hall–Kier alpha value is -1.55. The molecule has 0 bridgehead atoms. The van der Waals surface area contributed by atoms with E-state index in [1.54, 1.807) is 0 Å². The Bertz CT molecular complexity index is 543. The van der Waals surface area contributed by atoms with E-state index in [1.165, 1.54) is 11.1 Å². The van der Waals surface area contributed by atoms with Gasteiger partial charge >= 0.3 is 5.97 Å².